The normalized spacial score (nSPS) is 10.4. The van der Waals surface area contributed by atoms with E-state index >= 15 is 0 Å². The minimum Gasteiger partial charge on any atom is -0.497 e. The van der Waals surface area contributed by atoms with Crippen LogP contribution >= 0.6 is 11.3 Å². The average Bonchev–Trinajstić information content (AvgIpc) is 2.89. The Balaban J connectivity index is 2.16. The maximum Gasteiger partial charge on any atom is 0.261 e. The van der Waals surface area contributed by atoms with Crippen molar-refractivity contribution in [3.8, 4) is 16.9 Å². The number of methoxy groups -OCH3 is 1. The summed E-state index contributed by atoms with van der Waals surface area (Å²) in [7, 11) is 1.64. The van der Waals surface area contributed by atoms with Crippen LogP contribution in [0, 0.1) is 6.92 Å². The molecule has 0 aliphatic rings. The number of aryl methyl sites for hydroxylation is 1. The van der Waals surface area contributed by atoms with E-state index < -0.39 is 0 Å². The van der Waals surface area contributed by atoms with Gasteiger partial charge in [0, 0.05) is 18.0 Å². The molecule has 2 N–H and O–H groups in total. The summed E-state index contributed by atoms with van der Waals surface area (Å²) >= 11 is 1.48. The number of hydrogen-bond donors (Lipinski definition) is 2. The second kappa shape index (κ2) is 7.24. The maximum absolute atomic E-state index is 12.0. The van der Waals surface area contributed by atoms with Crippen molar-refractivity contribution in [2.45, 2.75) is 13.3 Å². The quantitative estimate of drug-likeness (QED) is 0.807. The van der Waals surface area contributed by atoms with Gasteiger partial charge >= 0.3 is 0 Å². The fourth-order valence-corrected chi connectivity index (χ4v) is 2.98. The molecule has 112 valence electrons. The van der Waals surface area contributed by atoms with Crippen LogP contribution in [0.3, 0.4) is 0 Å². The van der Waals surface area contributed by atoms with Gasteiger partial charge in [0.15, 0.2) is 0 Å². The van der Waals surface area contributed by atoms with Crippen molar-refractivity contribution in [3.63, 3.8) is 0 Å². The van der Waals surface area contributed by atoms with E-state index in [4.69, 9.17) is 9.84 Å². The molecule has 2 aromatic rings. The third kappa shape index (κ3) is 3.83. The molecule has 1 heterocycles. The SMILES string of the molecule is COc1ccc(-c2cc(C(=O)NCCCO)sc2C)cc1. The van der Waals surface area contributed by atoms with Crippen LogP contribution in [-0.2, 0) is 0 Å². The van der Waals surface area contributed by atoms with Crippen molar-refractivity contribution in [1.29, 1.82) is 0 Å². The van der Waals surface area contributed by atoms with E-state index in [0.29, 0.717) is 17.8 Å². The number of carbonyl (C=O) groups is 1. The Labute approximate surface area is 128 Å². The van der Waals surface area contributed by atoms with Gasteiger partial charge in [-0.3, -0.25) is 4.79 Å². The number of hydrogen-bond acceptors (Lipinski definition) is 4. The monoisotopic (exact) mass is 305 g/mol. The predicted molar refractivity (Wildman–Crippen MR) is 85.1 cm³/mol. The summed E-state index contributed by atoms with van der Waals surface area (Å²) in [6, 6.07) is 9.71. The Hall–Kier alpha value is -1.85. The first-order valence-corrected chi connectivity index (χ1v) is 7.61. The zero-order chi connectivity index (χ0) is 15.2. The number of carbonyl (C=O) groups excluding carboxylic acids is 1. The number of ether oxygens (including phenoxy) is 1. The molecule has 1 aromatic carbocycles. The molecule has 0 bridgehead atoms. The van der Waals surface area contributed by atoms with Crippen LogP contribution in [0.25, 0.3) is 11.1 Å². The molecule has 4 nitrogen and oxygen atoms in total. The van der Waals surface area contributed by atoms with Gasteiger partial charge in [-0.1, -0.05) is 12.1 Å². The van der Waals surface area contributed by atoms with E-state index in [1.807, 2.05) is 37.3 Å². The van der Waals surface area contributed by atoms with Crippen LogP contribution < -0.4 is 10.1 Å². The van der Waals surface area contributed by atoms with Gasteiger partial charge in [-0.2, -0.15) is 0 Å². The van der Waals surface area contributed by atoms with Gasteiger partial charge in [0.1, 0.15) is 5.75 Å². The molecule has 1 amide bonds. The zero-order valence-electron chi connectivity index (χ0n) is 12.2. The lowest BCUT2D eigenvalue weighted by Gasteiger charge is -2.02. The summed E-state index contributed by atoms with van der Waals surface area (Å²) in [6.45, 7) is 2.58. The molecule has 5 heteroatoms. The van der Waals surface area contributed by atoms with Gasteiger partial charge in [0.05, 0.1) is 12.0 Å². The third-order valence-corrected chi connectivity index (χ3v) is 4.21. The molecule has 1 aromatic heterocycles. The fraction of sp³-hybridized carbons (Fsp3) is 0.312. The first kappa shape index (κ1) is 15.5. The summed E-state index contributed by atoms with van der Waals surface area (Å²) in [5, 5.41) is 11.5. The Morgan fingerprint density at radius 1 is 1.33 bits per heavy atom. The number of aliphatic hydroxyl groups is 1. The van der Waals surface area contributed by atoms with E-state index in [-0.39, 0.29) is 12.5 Å². The van der Waals surface area contributed by atoms with Crippen molar-refractivity contribution in [2.75, 3.05) is 20.3 Å². The highest BCUT2D eigenvalue weighted by atomic mass is 32.1. The Morgan fingerprint density at radius 3 is 2.67 bits per heavy atom. The number of rotatable bonds is 6. The molecule has 0 fully saturated rings. The molecule has 0 spiro atoms. The van der Waals surface area contributed by atoms with Crippen LogP contribution in [0.15, 0.2) is 30.3 Å². The molecule has 0 saturated carbocycles. The van der Waals surface area contributed by atoms with Gasteiger partial charge in [-0.05, 0) is 42.7 Å². The largest absolute Gasteiger partial charge is 0.497 e. The molecule has 0 aliphatic heterocycles. The summed E-state index contributed by atoms with van der Waals surface area (Å²) in [5.41, 5.74) is 2.13. The van der Waals surface area contributed by atoms with Gasteiger partial charge in [0.2, 0.25) is 0 Å². The Morgan fingerprint density at radius 2 is 2.05 bits per heavy atom. The highest BCUT2D eigenvalue weighted by molar-refractivity contribution is 7.14. The maximum atomic E-state index is 12.0. The van der Waals surface area contributed by atoms with Gasteiger partial charge in [-0.15, -0.1) is 11.3 Å². The molecular formula is C16H19NO3S. The number of thiophene rings is 1. The molecule has 0 atom stereocenters. The average molecular weight is 305 g/mol. The smallest absolute Gasteiger partial charge is 0.261 e. The summed E-state index contributed by atoms with van der Waals surface area (Å²) < 4.78 is 5.15. The van der Waals surface area contributed by atoms with Crippen molar-refractivity contribution >= 4 is 17.2 Å². The summed E-state index contributed by atoms with van der Waals surface area (Å²) in [6.07, 6.45) is 0.571. The van der Waals surface area contributed by atoms with E-state index in [0.717, 1.165) is 21.8 Å². The van der Waals surface area contributed by atoms with Gasteiger partial charge in [0.25, 0.3) is 5.91 Å². The third-order valence-electron chi connectivity index (χ3n) is 3.16. The first-order chi connectivity index (χ1) is 10.2. The molecule has 0 aliphatic carbocycles. The van der Waals surface area contributed by atoms with Crippen molar-refractivity contribution in [3.05, 3.63) is 40.1 Å². The van der Waals surface area contributed by atoms with Crippen LogP contribution in [0.4, 0.5) is 0 Å². The molecule has 2 rings (SSSR count). The first-order valence-electron chi connectivity index (χ1n) is 6.79. The van der Waals surface area contributed by atoms with Crippen molar-refractivity contribution in [2.24, 2.45) is 0 Å². The molecule has 0 saturated heterocycles. The minimum absolute atomic E-state index is 0.0842. The van der Waals surface area contributed by atoms with Crippen LogP contribution in [0.5, 0.6) is 5.75 Å². The lowest BCUT2D eigenvalue weighted by molar-refractivity contribution is 0.0955. The second-order valence-corrected chi connectivity index (χ2v) is 5.90. The highest BCUT2D eigenvalue weighted by Crippen LogP contribution is 2.31. The van der Waals surface area contributed by atoms with Crippen LogP contribution in [0.1, 0.15) is 21.0 Å². The number of amides is 1. The fourth-order valence-electron chi connectivity index (χ4n) is 2.02. The number of benzene rings is 1. The number of nitrogens with one attached hydrogen (secondary N) is 1. The molecular weight excluding hydrogens is 286 g/mol. The van der Waals surface area contributed by atoms with Crippen molar-refractivity contribution in [1.82, 2.24) is 5.32 Å². The summed E-state index contributed by atoms with van der Waals surface area (Å²) in [4.78, 5) is 13.8. The topological polar surface area (TPSA) is 58.6 Å². The van der Waals surface area contributed by atoms with Crippen LogP contribution in [-0.4, -0.2) is 31.3 Å². The lowest BCUT2D eigenvalue weighted by atomic mass is 10.1. The van der Waals surface area contributed by atoms with E-state index in [9.17, 15) is 4.79 Å². The van der Waals surface area contributed by atoms with Gasteiger partial charge in [-0.25, -0.2) is 0 Å². The lowest BCUT2D eigenvalue weighted by Crippen LogP contribution is -2.24. The number of aliphatic hydroxyl groups excluding tert-OH is 1. The Bertz CT molecular complexity index is 604. The Kier molecular flexibility index (Phi) is 5.36. The van der Waals surface area contributed by atoms with Crippen molar-refractivity contribution < 1.29 is 14.6 Å². The van der Waals surface area contributed by atoms with Gasteiger partial charge < -0.3 is 15.2 Å². The standard InChI is InChI=1S/C16H19NO3S/c1-11-14(12-4-6-13(20-2)7-5-12)10-15(21-11)16(19)17-8-3-9-18/h4-7,10,18H,3,8-9H2,1-2H3,(H,17,19). The zero-order valence-corrected chi connectivity index (χ0v) is 13.0. The minimum atomic E-state index is -0.0867. The predicted octanol–water partition coefficient (Wildman–Crippen LogP) is 2.84. The van der Waals surface area contributed by atoms with Crippen LogP contribution in [0.2, 0.25) is 0 Å². The van der Waals surface area contributed by atoms with E-state index in [1.165, 1.54) is 11.3 Å². The summed E-state index contributed by atoms with van der Waals surface area (Å²) in [5.74, 6) is 0.727. The van der Waals surface area contributed by atoms with E-state index in [1.54, 1.807) is 7.11 Å². The molecule has 0 unspecified atom stereocenters. The van der Waals surface area contributed by atoms with E-state index in [2.05, 4.69) is 5.32 Å². The molecule has 0 radical (unpaired) electrons. The second-order valence-electron chi connectivity index (χ2n) is 4.64. The molecule has 21 heavy (non-hydrogen) atoms. The highest BCUT2D eigenvalue weighted by Gasteiger charge is 2.13.